The molecule has 1 fully saturated rings. The maximum absolute atomic E-state index is 12.6. The zero-order valence-electron chi connectivity index (χ0n) is 16.7. The van der Waals surface area contributed by atoms with Gasteiger partial charge in [-0.15, -0.1) is 13.2 Å². The molecular weight excluding hydrogens is 409 g/mol. The summed E-state index contributed by atoms with van der Waals surface area (Å²) in [7, 11) is 1.61. The molecule has 0 spiro atoms. The third kappa shape index (κ3) is 6.00. The molecule has 2 aromatic carbocycles. The highest BCUT2D eigenvalue weighted by Gasteiger charge is 2.31. The van der Waals surface area contributed by atoms with Crippen molar-refractivity contribution in [3.05, 3.63) is 60.2 Å². The molecule has 3 aromatic rings. The lowest BCUT2D eigenvalue weighted by molar-refractivity contribution is -0.274. The molecule has 6 nitrogen and oxygen atoms in total. The average molecular weight is 430 g/mol. The molecule has 0 atom stereocenters. The van der Waals surface area contributed by atoms with Crippen LogP contribution in [0.25, 0.3) is 11.3 Å². The molecule has 2 N–H and O–H groups in total. The van der Waals surface area contributed by atoms with Crippen LogP contribution in [0.5, 0.6) is 11.5 Å². The van der Waals surface area contributed by atoms with Crippen LogP contribution in [0.3, 0.4) is 0 Å². The van der Waals surface area contributed by atoms with Gasteiger partial charge in [-0.05, 0) is 42.7 Å². The molecule has 0 amide bonds. The van der Waals surface area contributed by atoms with Gasteiger partial charge in [-0.25, -0.2) is 4.98 Å². The van der Waals surface area contributed by atoms with Crippen LogP contribution in [0.2, 0.25) is 0 Å². The Bertz CT molecular complexity index is 1050. The summed E-state index contributed by atoms with van der Waals surface area (Å²) in [5.41, 5.74) is 1.98. The Morgan fingerprint density at radius 1 is 1.00 bits per heavy atom. The van der Waals surface area contributed by atoms with Gasteiger partial charge in [0.1, 0.15) is 17.3 Å². The van der Waals surface area contributed by atoms with Crippen molar-refractivity contribution in [1.82, 2.24) is 9.97 Å². The van der Waals surface area contributed by atoms with E-state index in [1.165, 1.54) is 18.2 Å². The number of rotatable bonds is 8. The third-order valence-corrected chi connectivity index (χ3v) is 4.61. The number of hydrogen-bond donors (Lipinski definition) is 2. The largest absolute Gasteiger partial charge is 0.573 e. The van der Waals surface area contributed by atoms with Gasteiger partial charge in [-0.3, -0.25) is 0 Å². The van der Waals surface area contributed by atoms with E-state index < -0.39 is 6.36 Å². The molecule has 1 aliphatic rings. The van der Waals surface area contributed by atoms with Gasteiger partial charge in [0.05, 0.1) is 12.8 Å². The molecule has 4 rings (SSSR count). The smallest absolute Gasteiger partial charge is 0.497 e. The van der Waals surface area contributed by atoms with Gasteiger partial charge in [-0.2, -0.15) is 4.98 Å². The molecule has 1 aromatic heterocycles. The number of alkyl halides is 3. The Hall–Kier alpha value is -3.49. The van der Waals surface area contributed by atoms with Crippen molar-refractivity contribution in [2.24, 2.45) is 0 Å². The van der Waals surface area contributed by atoms with Crippen molar-refractivity contribution in [3.63, 3.8) is 0 Å². The van der Waals surface area contributed by atoms with Gasteiger partial charge >= 0.3 is 6.36 Å². The summed E-state index contributed by atoms with van der Waals surface area (Å²) in [4.78, 5) is 8.99. The van der Waals surface area contributed by atoms with Gasteiger partial charge in [0.25, 0.3) is 0 Å². The van der Waals surface area contributed by atoms with E-state index >= 15 is 0 Å². The molecule has 0 saturated heterocycles. The number of nitrogens with one attached hydrogen (secondary N) is 2. The first-order valence-corrected chi connectivity index (χ1v) is 9.76. The van der Waals surface area contributed by atoms with Crippen molar-refractivity contribution in [2.75, 3.05) is 17.7 Å². The van der Waals surface area contributed by atoms with Crippen LogP contribution in [-0.2, 0) is 6.54 Å². The van der Waals surface area contributed by atoms with Gasteiger partial charge in [0, 0.05) is 24.2 Å². The van der Waals surface area contributed by atoms with Crippen LogP contribution >= 0.6 is 0 Å². The Morgan fingerprint density at radius 3 is 2.52 bits per heavy atom. The van der Waals surface area contributed by atoms with E-state index in [-0.39, 0.29) is 5.75 Å². The molecule has 0 radical (unpaired) electrons. The van der Waals surface area contributed by atoms with E-state index in [2.05, 4.69) is 25.3 Å². The van der Waals surface area contributed by atoms with Gasteiger partial charge in [0.15, 0.2) is 0 Å². The highest BCUT2D eigenvalue weighted by molar-refractivity contribution is 5.66. The second kappa shape index (κ2) is 8.71. The average Bonchev–Trinajstić information content (AvgIpc) is 3.55. The highest BCUT2D eigenvalue weighted by atomic mass is 19.4. The second-order valence-electron chi connectivity index (χ2n) is 7.16. The minimum absolute atomic E-state index is 0.300. The molecule has 9 heteroatoms. The van der Waals surface area contributed by atoms with Crippen molar-refractivity contribution in [2.45, 2.75) is 31.8 Å². The number of ether oxygens (including phenoxy) is 2. The fourth-order valence-corrected chi connectivity index (χ4v) is 2.99. The summed E-state index contributed by atoms with van der Waals surface area (Å²) in [6.45, 7) is 0.494. The summed E-state index contributed by atoms with van der Waals surface area (Å²) in [6, 6.07) is 15.4. The van der Waals surface area contributed by atoms with Crippen LogP contribution < -0.4 is 20.1 Å². The van der Waals surface area contributed by atoms with E-state index in [4.69, 9.17) is 4.74 Å². The van der Waals surface area contributed by atoms with Crippen molar-refractivity contribution < 1.29 is 22.6 Å². The zero-order valence-corrected chi connectivity index (χ0v) is 16.7. The summed E-state index contributed by atoms with van der Waals surface area (Å²) in [6.07, 6.45) is -2.68. The summed E-state index contributed by atoms with van der Waals surface area (Å²) in [5.74, 6) is 1.43. The molecule has 1 saturated carbocycles. The van der Waals surface area contributed by atoms with E-state index in [1.807, 2.05) is 24.3 Å². The van der Waals surface area contributed by atoms with Gasteiger partial charge < -0.3 is 20.1 Å². The Morgan fingerprint density at radius 2 is 1.77 bits per heavy atom. The van der Waals surface area contributed by atoms with E-state index in [0.717, 1.165) is 24.2 Å². The fraction of sp³-hybridized carbons (Fsp3) is 0.273. The quantitative estimate of drug-likeness (QED) is 0.510. The lowest BCUT2D eigenvalue weighted by Crippen LogP contribution is -2.17. The van der Waals surface area contributed by atoms with Crippen molar-refractivity contribution in [3.8, 4) is 22.8 Å². The predicted molar refractivity (Wildman–Crippen MR) is 111 cm³/mol. The van der Waals surface area contributed by atoms with Crippen LogP contribution in [-0.4, -0.2) is 29.5 Å². The maximum Gasteiger partial charge on any atom is 0.573 e. The van der Waals surface area contributed by atoms with Crippen LogP contribution in [0.1, 0.15) is 18.4 Å². The zero-order chi connectivity index (χ0) is 21.8. The SMILES string of the molecule is COc1cccc(CNc2cc(-c3cccc(OC(F)(F)F)c3)nc(NC3CC3)n2)c1. The first kappa shape index (κ1) is 20.8. The molecule has 0 bridgehead atoms. The molecule has 162 valence electrons. The standard InChI is InChI=1S/C22H21F3N4O2/c1-30-17-6-2-4-14(10-17)13-26-20-12-19(28-21(29-20)27-16-8-9-16)15-5-3-7-18(11-15)31-22(23,24)25/h2-7,10-12,16H,8-9,13H2,1H3,(H2,26,27,28,29). The van der Waals surface area contributed by atoms with Crippen molar-refractivity contribution in [1.29, 1.82) is 0 Å². The monoisotopic (exact) mass is 430 g/mol. The third-order valence-electron chi connectivity index (χ3n) is 4.61. The van der Waals surface area contributed by atoms with E-state index in [0.29, 0.717) is 35.6 Å². The molecule has 0 aliphatic heterocycles. The second-order valence-corrected chi connectivity index (χ2v) is 7.16. The first-order valence-electron chi connectivity index (χ1n) is 9.76. The Kier molecular flexibility index (Phi) is 5.83. The molecule has 31 heavy (non-hydrogen) atoms. The maximum atomic E-state index is 12.6. The van der Waals surface area contributed by atoms with Crippen LogP contribution in [0.4, 0.5) is 24.9 Å². The topological polar surface area (TPSA) is 68.3 Å². The number of halogens is 3. The predicted octanol–water partition coefficient (Wildman–Crippen LogP) is 5.24. The van der Waals surface area contributed by atoms with E-state index in [1.54, 1.807) is 19.2 Å². The minimum Gasteiger partial charge on any atom is -0.497 e. The van der Waals surface area contributed by atoms with Crippen molar-refractivity contribution >= 4 is 11.8 Å². The van der Waals surface area contributed by atoms with Crippen LogP contribution in [0, 0.1) is 0 Å². The molecule has 1 heterocycles. The lowest BCUT2D eigenvalue weighted by atomic mass is 10.1. The molecular formula is C22H21F3N4O2. The molecule has 0 unspecified atom stereocenters. The van der Waals surface area contributed by atoms with Crippen LogP contribution in [0.15, 0.2) is 54.6 Å². The van der Waals surface area contributed by atoms with Gasteiger partial charge in [-0.1, -0.05) is 24.3 Å². The minimum atomic E-state index is -4.76. The number of aromatic nitrogens is 2. The normalized spacial score (nSPS) is 13.5. The number of methoxy groups -OCH3 is 1. The highest BCUT2D eigenvalue weighted by Crippen LogP contribution is 2.30. The Labute approximate surface area is 177 Å². The summed E-state index contributed by atoms with van der Waals surface area (Å²) >= 11 is 0. The summed E-state index contributed by atoms with van der Waals surface area (Å²) in [5, 5.41) is 6.49. The Balaban J connectivity index is 1.59. The summed E-state index contributed by atoms with van der Waals surface area (Å²) < 4.78 is 47.1. The lowest BCUT2D eigenvalue weighted by Gasteiger charge is -2.13. The van der Waals surface area contributed by atoms with E-state index in [9.17, 15) is 13.2 Å². The molecule has 1 aliphatic carbocycles. The number of nitrogens with zero attached hydrogens (tertiary/aromatic N) is 2. The fourth-order valence-electron chi connectivity index (χ4n) is 2.99. The first-order chi connectivity index (χ1) is 14.9. The number of hydrogen-bond acceptors (Lipinski definition) is 6. The number of benzene rings is 2. The van der Waals surface area contributed by atoms with Gasteiger partial charge in [0.2, 0.25) is 5.95 Å². The number of anilines is 2.